The van der Waals surface area contributed by atoms with Crippen LogP contribution < -0.4 is 5.73 Å². The highest BCUT2D eigenvalue weighted by molar-refractivity contribution is 7.99. The summed E-state index contributed by atoms with van der Waals surface area (Å²) in [4.78, 5) is 31.5. The molecule has 23 heavy (non-hydrogen) atoms. The number of carbonyl (C=O) groups is 2. The van der Waals surface area contributed by atoms with Crippen molar-refractivity contribution >= 4 is 31.1 Å². The molecule has 0 rings (SSSR count). The number of thioether (sulfide) groups is 1. The summed E-state index contributed by atoms with van der Waals surface area (Å²) in [6.07, 6.45) is 2.35. The van der Waals surface area contributed by atoms with E-state index in [0.29, 0.717) is 24.3 Å². The molecule has 5 N–H and O–H groups in total. The fourth-order valence-corrected chi connectivity index (χ4v) is 4.86. The van der Waals surface area contributed by atoms with Crippen molar-refractivity contribution in [2.45, 2.75) is 32.7 Å². The molecule has 0 aromatic heterocycles. The van der Waals surface area contributed by atoms with Gasteiger partial charge in [-0.05, 0) is 24.5 Å². The van der Waals surface area contributed by atoms with E-state index in [1.54, 1.807) is 0 Å². The first-order valence-electron chi connectivity index (χ1n) is 7.34. The number of carboxylic acids is 2. The first kappa shape index (κ1) is 22.2. The molecule has 0 aliphatic heterocycles. The summed E-state index contributed by atoms with van der Waals surface area (Å²) in [6, 6.07) is -0.901. The van der Waals surface area contributed by atoms with E-state index in [4.69, 9.17) is 15.9 Å². The van der Waals surface area contributed by atoms with Gasteiger partial charge in [0.05, 0.1) is 6.16 Å². The molecular formula is C14H26NO6PS. The van der Waals surface area contributed by atoms with Crippen LogP contribution in [0.4, 0.5) is 0 Å². The van der Waals surface area contributed by atoms with Crippen LogP contribution in [-0.4, -0.2) is 56.9 Å². The average molecular weight is 367 g/mol. The van der Waals surface area contributed by atoms with E-state index < -0.39 is 25.3 Å². The van der Waals surface area contributed by atoms with Gasteiger partial charge >= 0.3 is 11.9 Å². The predicted molar refractivity (Wildman–Crippen MR) is 92.3 cm³/mol. The number of aliphatic carboxylic acids is 2. The minimum absolute atomic E-state index is 0.0238. The Morgan fingerprint density at radius 2 is 1.91 bits per heavy atom. The highest BCUT2D eigenvalue weighted by Gasteiger charge is 2.24. The Bertz CT molecular complexity index is 480. The summed E-state index contributed by atoms with van der Waals surface area (Å²) >= 11 is 1.38. The van der Waals surface area contributed by atoms with Crippen LogP contribution in [0, 0.1) is 5.92 Å². The number of hydrogen-bond acceptors (Lipinski definition) is 5. The average Bonchev–Trinajstić information content (AvgIpc) is 2.38. The fraction of sp³-hybridized carbons (Fsp3) is 0.714. The van der Waals surface area contributed by atoms with Gasteiger partial charge in [0.2, 0.25) is 7.37 Å². The maximum Gasteiger partial charge on any atom is 0.331 e. The lowest BCUT2D eigenvalue weighted by molar-refractivity contribution is -0.138. The van der Waals surface area contributed by atoms with Crippen LogP contribution in [0.3, 0.4) is 0 Å². The van der Waals surface area contributed by atoms with Gasteiger partial charge < -0.3 is 20.8 Å². The van der Waals surface area contributed by atoms with Crippen LogP contribution in [0.5, 0.6) is 0 Å². The lowest BCUT2D eigenvalue weighted by Crippen LogP contribution is -2.32. The highest BCUT2D eigenvalue weighted by Crippen LogP contribution is 2.44. The van der Waals surface area contributed by atoms with Gasteiger partial charge in [-0.2, -0.15) is 11.8 Å². The summed E-state index contributed by atoms with van der Waals surface area (Å²) < 4.78 is 12.0. The van der Waals surface area contributed by atoms with E-state index in [1.807, 2.05) is 13.8 Å². The zero-order valence-corrected chi connectivity index (χ0v) is 15.2. The minimum Gasteiger partial charge on any atom is -0.480 e. The van der Waals surface area contributed by atoms with Crippen molar-refractivity contribution in [1.82, 2.24) is 0 Å². The van der Waals surface area contributed by atoms with E-state index in [1.165, 1.54) is 17.8 Å². The third kappa shape index (κ3) is 11.4. The molecule has 0 aliphatic rings. The predicted octanol–water partition coefficient (Wildman–Crippen LogP) is 1.85. The molecule has 2 unspecified atom stereocenters. The molecule has 0 saturated carbocycles. The second-order valence-electron chi connectivity index (χ2n) is 5.78. The second kappa shape index (κ2) is 10.9. The highest BCUT2D eigenvalue weighted by atomic mass is 32.2. The maximum atomic E-state index is 12.0. The van der Waals surface area contributed by atoms with Gasteiger partial charge in [0.25, 0.3) is 0 Å². The Balaban J connectivity index is 4.31. The Morgan fingerprint density at radius 1 is 1.30 bits per heavy atom. The minimum atomic E-state index is -3.48. The molecule has 7 nitrogen and oxygen atoms in total. The van der Waals surface area contributed by atoms with E-state index in [2.05, 4.69) is 0 Å². The summed E-state index contributed by atoms with van der Waals surface area (Å²) in [5.41, 5.74) is 5.32. The SMILES string of the molecule is CC(C)CP(=O)(O)C/C(=C\CCCSCC(N)C(=O)O)C(=O)O. The Hall–Kier alpha value is -0.820. The third-order valence-corrected chi connectivity index (χ3v) is 6.15. The van der Waals surface area contributed by atoms with Gasteiger partial charge in [0.1, 0.15) is 6.04 Å². The molecule has 0 aliphatic carbocycles. The number of nitrogens with two attached hydrogens (primary N) is 1. The molecule has 9 heteroatoms. The largest absolute Gasteiger partial charge is 0.480 e. The molecule has 0 saturated heterocycles. The van der Waals surface area contributed by atoms with Crippen molar-refractivity contribution in [2.24, 2.45) is 11.7 Å². The zero-order chi connectivity index (χ0) is 18.0. The molecule has 134 valence electrons. The number of rotatable bonds is 12. The summed E-state index contributed by atoms with van der Waals surface area (Å²) in [5, 5.41) is 17.7. The molecule has 0 aromatic rings. The molecule has 0 radical (unpaired) electrons. The lowest BCUT2D eigenvalue weighted by Gasteiger charge is -2.14. The van der Waals surface area contributed by atoms with E-state index in [-0.39, 0.29) is 23.8 Å². The van der Waals surface area contributed by atoms with E-state index in [0.717, 1.165) is 0 Å². The second-order valence-corrected chi connectivity index (χ2v) is 9.30. The van der Waals surface area contributed by atoms with Gasteiger partial charge in [-0.1, -0.05) is 19.9 Å². The number of carboxylic acid groups (broad SMARTS) is 2. The monoisotopic (exact) mass is 367 g/mol. The Morgan fingerprint density at radius 3 is 2.39 bits per heavy atom. The van der Waals surface area contributed by atoms with E-state index in [9.17, 15) is 19.0 Å². The van der Waals surface area contributed by atoms with Crippen molar-refractivity contribution in [3.8, 4) is 0 Å². The van der Waals surface area contributed by atoms with Gasteiger partial charge in [-0.25, -0.2) is 4.79 Å². The van der Waals surface area contributed by atoms with Crippen molar-refractivity contribution in [2.75, 3.05) is 23.8 Å². The zero-order valence-electron chi connectivity index (χ0n) is 13.5. The summed E-state index contributed by atoms with van der Waals surface area (Å²) in [7, 11) is -3.48. The van der Waals surface area contributed by atoms with Crippen molar-refractivity contribution in [1.29, 1.82) is 0 Å². The first-order chi connectivity index (χ1) is 10.5. The standard InChI is InChI=1S/C14H26NO6PS/c1-10(2)7-22(20,21)8-11(13(16)17)5-3-4-6-23-9-12(15)14(18)19/h5,10,12H,3-4,6-9,15H2,1-2H3,(H,16,17)(H,18,19)(H,20,21)/b11-5+. The van der Waals surface area contributed by atoms with Crippen LogP contribution in [0.2, 0.25) is 0 Å². The van der Waals surface area contributed by atoms with Gasteiger partial charge in [-0.3, -0.25) is 9.36 Å². The molecule has 0 spiro atoms. The molecule has 0 aromatic carbocycles. The molecule has 0 heterocycles. The normalized spacial score (nSPS) is 16.1. The van der Waals surface area contributed by atoms with E-state index >= 15 is 0 Å². The number of allylic oxidation sites excluding steroid dienone is 1. The van der Waals surface area contributed by atoms with Crippen LogP contribution in [0.25, 0.3) is 0 Å². The molecular weight excluding hydrogens is 341 g/mol. The Labute approximate surface area is 140 Å². The molecule has 0 fully saturated rings. The van der Waals surface area contributed by atoms with Crippen molar-refractivity contribution in [3.05, 3.63) is 11.6 Å². The van der Waals surface area contributed by atoms with Crippen LogP contribution in [0.15, 0.2) is 11.6 Å². The van der Waals surface area contributed by atoms with Gasteiger partial charge in [0.15, 0.2) is 0 Å². The smallest absolute Gasteiger partial charge is 0.331 e. The van der Waals surface area contributed by atoms with Crippen LogP contribution >= 0.6 is 19.1 Å². The van der Waals surface area contributed by atoms with Crippen molar-refractivity contribution < 1.29 is 29.3 Å². The lowest BCUT2D eigenvalue weighted by atomic mass is 10.2. The third-order valence-electron chi connectivity index (χ3n) is 2.84. The van der Waals surface area contributed by atoms with Crippen LogP contribution in [0.1, 0.15) is 26.7 Å². The summed E-state index contributed by atoms with van der Waals surface area (Å²) in [5.74, 6) is -1.26. The topological polar surface area (TPSA) is 138 Å². The maximum absolute atomic E-state index is 12.0. The van der Waals surface area contributed by atoms with Gasteiger partial charge in [0, 0.05) is 17.5 Å². The Kier molecular flexibility index (Phi) is 10.5. The number of unbranched alkanes of at least 4 members (excludes halogenated alkanes) is 1. The number of hydrogen-bond donors (Lipinski definition) is 4. The molecule has 0 bridgehead atoms. The van der Waals surface area contributed by atoms with Crippen molar-refractivity contribution in [3.63, 3.8) is 0 Å². The first-order valence-corrected chi connectivity index (χ1v) is 10.5. The molecule has 2 atom stereocenters. The van der Waals surface area contributed by atoms with Gasteiger partial charge in [-0.15, -0.1) is 0 Å². The van der Waals surface area contributed by atoms with Crippen LogP contribution in [-0.2, 0) is 14.2 Å². The fourth-order valence-electron chi connectivity index (χ4n) is 1.86. The molecule has 0 amide bonds. The quantitative estimate of drug-likeness (QED) is 0.233. The summed E-state index contributed by atoms with van der Waals surface area (Å²) in [6.45, 7) is 3.62.